The number of rotatable bonds is 5. The van der Waals surface area contributed by atoms with Gasteiger partial charge in [0.2, 0.25) is 0 Å². The molecule has 0 aromatic rings. The Morgan fingerprint density at radius 2 is 1.53 bits per heavy atom. The molecule has 0 aliphatic heterocycles. The lowest BCUT2D eigenvalue weighted by atomic mass is 9.48. The molecule has 2 nitrogen and oxygen atoms in total. The first-order chi connectivity index (χ1) is 8.22. The molecule has 0 heterocycles. The number of hydrogen-bond donors (Lipinski definition) is 2. The first-order valence-corrected chi connectivity index (χ1v) is 7.60. The normalized spacial score (nSPS) is 45.2. The van der Waals surface area contributed by atoms with Crippen LogP contribution < -0.4 is 5.73 Å². The van der Waals surface area contributed by atoms with Crippen molar-refractivity contribution in [1.29, 1.82) is 0 Å². The van der Waals surface area contributed by atoms with Crippen LogP contribution in [-0.4, -0.2) is 17.8 Å². The van der Waals surface area contributed by atoms with Gasteiger partial charge in [-0.25, -0.2) is 0 Å². The van der Waals surface area contributed by atoms with E-state index < -0.39 is 0 Å². The third kappa shape index (κ3) is 2.15. The van der Waals surface area contributed by atoms with E-state index >= 15 is 0 Å². The lowest BCUT2D eigenvalue weighted by Gasteiger charge is -2.58. The van der Waals surface area contributed by atoms with E-state index in [9.17, 15) is 5.11 Å². The van der Waals surface area contributed by atoms with Gasteiger partial charge in [0.15, 0.2) is 0 Å². The number of hydrogen-bond acceptors (Lipinski definition) is 2. The predicted octanol–water partition coefficient (Wildman–Crippen LogP) is 2.69. The Bertz CT molecular complexity index is 241. The highest BCUT2D eigenvalue weighted by molar-refractivity contribution is 5.04. The van der Waals surface area contributed by atoms with Gasteiger partial charge in [-0.15, -0.1) is 0 Å². The van der Waals surface area contributed by atoms with Crippen molar-refractivity contribution in [3.63, 3.8) is 0 Å². The fourth-order valence-corrected chi connectivity index (χ4v) is 5.37. The Balaban J connectivity index is 1.64. The standard InChI is InChI=1S/C15H27NO/c16-4-2-1-3-14(17)15-8-11-5-12(9-15)7-13(6-11)10-15/h11-14,17H,1-10,16H2. The molecular weight excluding hydrogens is 210 g/mol. The molecule has 0 amide bonds. The zero-order valence-corrected chi connectivity index (χ0v) is 10.9. The van der Waals surface area contributed by atoms with Crippen LogP contribution >= 0.6 is 0 Å². The molecular formula is C15H27NO. The minimum Gasteiger partial charge on any atom is -0.393 e. The zero-order valence-electron chi connectivity index (χ0n) is 10.9. The van der Waals surface area contributed by atoms with E-state index in [1.807, 2.05) is 0 Å². The summed E-state index contributed by atoms with van der Waals surface area (Å²) in [4.78, 5) is 0. The van der Waals surface area contributed by atoms with Gasteiger partial charge in [0.1, 0.15) is 0 Å². The van der Waals surface area contributed by atoms with Crippen LogP contribution in [0.15, 0.2) is 0 Å². The molecule has 4 aliphatic carbocycles. The predicted molar refractivity (Wildman–Crippen MR) is 69.5 cm³/mol. The lowest BCUT2D eigenvalue weighted by molar-refractivity contribution is -0.122. The molecule has 1 unspecified atom stereocenters. The van der Waals surface area contributed by atoms with Crippen LogP contribution in [0.2, 0.25) is 0 Å². The third-order valence-electron chi connectivity index (χ3n) is 5.72. The van der Waals surface area contributed by atoms with E-state index in [0.717, 1.165) is 43.6 Å². The van der Waals surface area contributed by atoms with Gasteiger partial charge in [-0.1, -0.05) is 0 Å². The monoisotopic (exact) mass is 237 g/mol. The van der Waals surface area contributed by atoms with Crippen LogP contribution in [0, 0.1) is 23.2 Å². The first kappa shape index (κ1) is 12.0. The highest BCUT2D eigenvalue weighted by atomic mass is 16.3. The summed E-state index contributed by atoms with van der Waals surface area (Å²) < 4.78 is 0. The summed E-state index contributed by atoms with van der Waals surface area (Å²) in [5.41, 5.74) is 5.86. The Hall–Kier alpha value is -0.0800. The van der Waals surface area contributed by atoms with Crippen LogP contribution in [0.25, 0.3) is 0 Å². The second-order valence-corrected chi connectivity index (χ2v) is 7.08. The van der Waals surface area contributed by atoms with E-state index in [1.165, 1.54) is 38.5 Å². The van der Waals surface area contributed by atoms with Crippen molar-refractivity contribution in [2.45, 2.75) is 63.9 Å². The molecule has 1 atom stereocenters. The molecule has 4 aliphatic rings. The van der Waals surface area contributed by atoms with Crippen molar-refractivity contribution >= 4 is 0 Å². The largest absolute Gasteiger partial charge is 0.393 e. The fraction of sp³-hybridized carbons (Fsp3) is 1.00. The molecule has 17 heavy (non-hydrogen) atoms. The van der Waals surface area contributed by atoms with Crippen molar-refractivity contribution in [1.82, 2.24) is 0 Å². The van der Waals surface area contributed by atoms with Crippen molar-refractivity contribution in [2.75, 3.05) is 6.54 Å². The maximum absolute atomic E-state index is 10.6. The average molecular weight is 237 g/mol. The number of aliphatic hydroxyl groups excluding tert-OH is 1. The van der Waals surface area contributed by atoms with E-state index in [2.05, 4.69) is 0 Å². The van der Waals surface area contributed by atoms with E-state index in [-0.39, 0.29) is 6.10 Å². The Morgan fingerprint density at radius 3 is 2.00 bits per heavy atom. The summed E-state index contributed by atoms with van der Waals surface area (Å²) >= 11 is 0. The molecule has 2 heteroatoms. The third-order valence-corrected chi connectivity index (χ3v) is 5.72. The van der Waals surface area contributed by atoms with Gasteiger partial charge < -0.3 is 10.8 Å². The molecule has 4 fully saturated rings. The molecule has 0 spiro atoms. The summed E-state index contributed by atoms with van der Waals surface area (Å²) in [5.74, 6) is 2.85. The molecule has 4 saturated carbocycles. The SMILES string of the molecule is NCCCCC(O)C12CC3CC(CC(C3)C1)C2. The molecule has 0 aromatic carbocycles. The van der Waals surface area contributed by atoms with Gasteiger partial charge in [-0.3, -0.25) is 0 Å². The van der Waals surface area contributed by atoms with Gasteiger partial charge in [-0.2, -0.15) is 0 Å². The van der Waals surface area contributed by atoms with Gasteiger partial charge in [0, 0.05) is 0 Å². The number of nitrogens with two attached hydrogens (primary N) is 1. The fourth-order valence-electron chi connectivity index (χ4n) is 5.37. The van der Waals surface area contributed by atoms with Crippen molar-refractivity contribution in [3.05, 3.63) is 0 Å². The zero-order chi connectivity index (χ0) is 11.9. The molecule has 98 valence electrons. The average Bonchev–Trinajstić information content (AvgIpc) is 2.27. The van der Waals surface area contributed by atoms with Gasteiger partial charge in [-0.05, 0) is 87.5 Å². The molecule has 4 rings (SSSR count). The minimum atomic E-state index is -0.0394. The van der Waals surface area contributed by atoms with Gasteiger partial charge in [0.25, 0.3) is 0 Å². The highest BCUT2D eigenvalue weighted by Gasteiger charge is 2.53. The molecule has 0 aromatic heterocycles. The summed E-state index contributed by atoms with van der Waals surface area (Å²) in [7, 11) is 0. The van der Waals surface area contributed by atoms with Crippen LogP contribution in [0.4, 0.5) is 0 Å². The summed E-state index contributed by atoms with van der Waals surface area (Å²) in [6, 6.07) is 0. The second kappa shape index (κ2) is 4.55. The second-order valence-electron chi connectivity index (χ2n) is 7.08. The Kier molecular flexibility index (Phi) is 3.20. The van der Waals surface area contributed by atoms with E-state index in [4.69, 9.17) is 5.73 Å². The van der Waals surface area contributed by atoms with Crippen LogP contribution in [0.5, 0.6) is 0 Å². The molecule has 0 saturated heterocycles. The molecule has 3 N–H and O–H groups in total. The Morgan fingerprint density at radius 1 is 1.00 bits per heavy atom. The number of unbranched alkanes of at least 4 members (excludes halogenated alkanes) is 1. The van der Waals surface area contributed by atoms with E-state index in [0.29, 0.717) is 5.41 Å². The van der Waals surface area contributed by atoms with Crippen LogP contribution in [-0.2, 0) is 0 Å². The lowest BCUT2D eigenvalue weighted by Crippen LogP contribution is -2.51. The van der Waals surface area contributed by atoms with Crippen molar-refractivity contribution in [3.8, 4) is 0 Å². The summed E-state index contributed by atoms with van der Waals surface area (Å²) in [6.45, 7) is 0.771. The summed E-state index contributed by atoms with van der Waals surface area (Å²) in [5, 5.41) is 10.6. The van der Waals surface area contributed by atoms with E-state index in [1.54, 1.807) is 0 Å². The van der Waals surface area contributed by atoms with Crippen LogP contribution in [0.3, 0.4) is 0 Å². The first-order valence-electron chi connectivity index (χ1n) is 7.60. The quantitative estimate of drug-likeness (QED) is 0.722. The maximum Gasteiger partial charge on any atom is 0.0596 e. The summed E-state index contributed by atoms with van der Waals surface area (Å²) in [6.07, 6.45) is 11.5. The van der Waals surface area contributed by atoms with Crippen molar-refractivity contribution in [2.24, 2.45) is 28.9 Å². The highest BCUT2D eigenvalue weighted by Crippen LogP contribution is 2.61. The van der Waals surface area contributed by atoms with Crippen LogP contribution in [0.1, 0.15) is 57.8 Å². The van der Waals surface area contributed by atoms with Gasteiger partial charge in [0.05, 0.1) is 6.10 Å². The maximum atomic E-state index is 10.6. The topological polar surface area (TPSA) is 46.2 Å². The Labute approximate surface area is 105 Å². The smallest absolute Gasteiger partial charge is 0.0596 e. The minimum absolute atomic E-state index is 0.0394. The number of aliphatic hydroxyl groups is 1. The molecule has 4 bridgehead atoms. The van der Waals surface area contributed by atoms with Gasteiger partial charge >= 0.3 is 0 Å². The molecule has 0 radical (unpaired) electrons. The van der Waals surface area contributed by atoms with Crippen molar-refractivity contribution < 1.29 is 5.11 Å².